The van der Waals surface area contributed by atoms with Gasteiger partial charge in [0.2, 0.25) is 11.7 Å². The quantitative estimate of drug-likeness (QED) is 0.922. The monoisotopic (exact) mass is 319 g/mol. The highest BCUT2D eigenvalue weighted by Gasteiger charge is 2.58. The summed E-state index contributed by atoms with van der Waals surface area (Å²) in [5.74, 6) is 2.95. The van der Waals surface area contributed by atoms with E-state index >= 15 is 0 Å². The Morgan fingerprint density at radius 1 is 1.32 bits per heavy atom. The van der Waals surface area contributed by atoms with Crippen LogP contribution in [0.2, 0.25) is 0 Å². The molecule has 2 atom stereocenters. The molecule has 1 aromatic carbocycles. The molecule has 0 radical (unpaired) electrons. The minimum absolute atomic E-state index is 0. The van der Waals surface area contributed by atoms with Crippen LogP contribution in [0.4, 0.5) is 0 Å². The van der Waals surface area contributed by atoms with Gasteiger partial charge in [-0.1, -0.05) is 5.16 Å². The largest absolute Gasteiger partial charge is 0.493 e. The number of benzene rings is 1. The minimum atomic E-state index is 0. The fourth-order valence-electron chi connectivity index (χ4n) is 3.75. The standard InChI is InChI=1S/C16H17N3O2.ClH/c1-2-13-10(3-6-20-13)7-11(1)14-18-15(21-19-14)12-8-16(12)4-5-17-9-16;/h1-2,7,12,17H,3-6,8-9H2;1H. The lowest BCUT2D eigenvalue weighted by Gasteiger charge is -2.02. The lowest BCUT2D eigenvalue weighted by molar-refractivity contribution is 0.357. The van der Waals surface area contributed by atoms with Crippen LogP contribution in [0, 0.1) is 5.41 Å². The van der Waals surface area contributed by atoms with Gasteiger partial charge in [0.25, 0.3) is 0 Å². The molecule has 5 rings (SSSR count). The molecule has 2 aromatic rings. The van der Waals surface area contributed by atoms with Gasteiger partial charge >= 0.3 is 0 Å². The summed E-state index contributed by atoms with van der Waals surface area (Å²) >= 11 is 0. The zero-order chi connectivity index (χ0) is 13.9. The number of rotatable bonds is 2. The van der Waals surface area contributed by atoms with Crippen molar-refractivity contribution in [1.29, 1.82) is 0 Å². The molecular weight excluding hydrogens is 302 g/mol. The Balaban J connectivity index is 0.00000125. The molecular formula is C16H18ClN3O2. The Morgan fingerprint density at radius 3 is 3.14 bits per heavy atom. The highest BCUT2D eigenvalue weighted by atomic mass is 35.5. The topological polar surface area (TPSA) is 60.2 Å². The van der Waals surface area contributed by atoms with Crippen molar-refractivity contribution in [3.63, 3.8) is 0 Å². The van der Waals surface area contributed by atoms with Crippen LogP contribution in [0.15, 0.2) is 22.7 Å². The molecule has 1 saturated heterocycles. The first-order chi connectivity index (χ1) is 10.3. The van der Waals surface area contributed by atoms with Crippen molar-refractivity contribution < 1.29 is 9.26 Å². The van der Waals surface area contributed by atoms with E-state index in [1.807, 2.05) is 12.1 Å². The lowest BCUT2D eigenvalue weighted by atomic mass is 10.0. The first kappa shape index (κ1) is 14.0. The second kappa shape index (κ2) is 4.96. The molecule has 2 fully saturated rings. The Morgan fingerprint density at radius 2 is 2.27 bits per heavy atom. The highest BCUT2D eigenvalue weighted by molar-refractivity contribution is 5.85. The van der Waals surface area contributed by atoms with E-state index in [1.54, 1.807) is 0 Å². The number of nitrogens with zero attached hydrogens (tertiary/aromatic N) is 2. The summed E-state index contributed by atoms with van der Waals surface area (Å²) in [5.41, 5.74) is 2.66. The molecule has 1 aliphatic carbocycles. The van der Waals surface area contributed by atoms with Crippen LogP contribution in [0.1, 0.15) is 30.2 Å². The van der Waals surface area contributed by atoms with Gasteiger partial charge in [-0.3, -0.25) is 0 Å². The van der Waals surface area contributed by atoms with Crippen LogP contribution in [0.3, 0.4) is 0 Å². The molecule has 1 aromatic heterocycles. The SMILES string of the molecule is Cl.c1cc2c(cc1-c1noc(C3CC34CCNC4)n1)CCO2. The van der Waals surface area contributed by atoms with E-state index in [2.05, 4.69) is 21.5 Å². The molecule has 1 N–H and O–H groups in total. The predicted octanol–water partition coefficient (Wildman–Crippen LogP) is 2.56. The molecule has 22 heavy (non-hydrogen) atoms. The van der Waals surface area contributed by atoms with Crippen LogP contribution in [-0.4, -0.2) is 29.8 Å². The zero-order valence-electron chi connectivity index (χ0n) is 12.2. The van der Waals surface area contributed by atoms with Gasteiger partial charge in [-0.15, -0.1) is 12.4 Å². The molecule has 2 unspecified atom stereocenters. The normalized spacial score (nSPS) is 28.3. The summed E-state index contributed by atoms with van der Waals surface area (Å²) in [6.45, 7) is 2.97. The molecule has 1 spiro atoms. The fourth-order valence-corrected chi connectivity index (χ4v) is 3.75. The van der Waals surface area contributed by atoms with Crippen LogP contribution in [0.25, 0.3) is 11.4 Å². The molecule has 3 heterocycles. The summed E-state index contributed by atoms with van der Waals surface area (Å²) in [5, 5.41) is 7.62. The number of hydrogen-bond acceptors (Lipinski definition) is 5. The Hall–Kier alpha value is -1.59. The molecule has 0 bridgehead atoms. The molecule has 0 amide bonds. The third kappa shape index (κ3) is 2.03. The maximum atomic E-state index is 5.53. The average molecular weight is 320 g/mol. The van der Waals surface area contributed by atoms with Crippen LogP contribution < -0.4 is 10.1 Å². The number of halogens is 1. The maximum Gasteiger partial charge on any atom is 0.230 e. The highest BCUT2D eigenvalue weighted by Crippen LogP contribution is 2.62. The van der Waals surface area contributed by atoms with E-state index < -0.39 is 0 Å². The number of nitrogens with one attached hydrogen (secondary N) is 1. The fraction of sp³-hybridized carbons (Fsp3) is 0.500. The molecule has 116 valence electrons. The summed E-state index contributed by atoms with van der Waals surface area (Å²) in [4.78, 5) is 4.64. The second-order valence-electron chi connectivity index (χ2n) is 6.42. The summed E-state index contributed by atoms with van der Waals surface area (Å²) < 4.78 is 11.1. The van der Waals surface area contributed by atoms with E-state index in [4.69, 9.17) is 9.26 Å². The van der Waals surface area contributed by atoms with Crippen molar-refractivity contribution in [2.45, 2.75) is 25.2 Å². The van der Waals surface area contributed by atoms with Crippen molar-refractivity contribution in [3.05, 3.63) is 29.7 Å². The molecule has 5 nitrogen and oxygen atoms in total. The first-order valence-electron chi connectivity index (χ1n) is 7.65. The van der Waals surface area contributed by atoms with Gasteiger partial charge in [0.15, 0.2) is 0 Å². The molecule has 1 saturated carbocycles. The van der Waals surface area contributed by atoms with Crippen LogP contribution in [-0.2, 0) is 6.42 Å². The Kier molecular flexibility index (Phi) is 3.16. The predicted molar refractivity (Wildman–Crippen MR) is 83.5 cm³/mol. The van der Waals surface area contributed by atoms with E-state index in [0.717, 1.165) is 43.3 Å². The van der Waals surface area contributed by atoms with Crippen molar-refractivity contribution in [2.24, 2.45) is 5.41 Å². The van der Waals surface area contributed by atoms with E-state index in [-0.39, 0.29) is 12.4 Å². The number of ether oxygens (including phenoxy) is 1. The number of aromatic nitrogens is 2. The van der Waals surface area contributed by atoms with E-state index in [0.29, 0.717) is 17.2 Å². The average Bonchev–Trinajstić information content (AvgIpc) is 2.98. The van der Waals surface area contributed by atoms with Gasteiger partial charge in [0, 0.05) is 24.4 Å². The smallest absolute Gasteiger partial charge is 0.230 e. The summed E-state index contributed by atoms with van der Waals surface area (Å²) in [7, 11) is 0. The second-order valence-corrected chi connectivity index (χ2v) is 6.42. The van der Waals surface area contributed by atoms with Gasteiger partial charge in [0.1, 0.15) is 5.75 Å². The third-order valence-corrected chi connectivity index (χ3v) is 5.15. The minimum Gasteiger partial charge on any atom is -0.493 e. The molecule has 6 heteroatoms. The summed E-state index contributed by atoms with van der Waals surface area (Å²) in [6.07, 6.45) is 3.37. The van der Waals surface area contributed by atoms with Crippen molar-refractivity contribution in [1.82, 2.24) is 15.5 Å². The van der Waals surface area contributed by atoms with E-state index in [1.165, 1.54) is 18.4 Å². The third-order valence-electron chi connectivity index (χ3n) is 5.15. The van der Waals surface area contributed by atoms with Crippen molar-refractivity contribution >= 4 is 12.4 Å². The van der Waals surface area contributed by atoms with Crippen LogP contribution in [0.5, 0.6) is 5.75 Å². The number of hydrogen-bond donors (Lipinski definition) is 1. The Labute approximate surface area is 134 Å². The number of fused-ring (bicyclic) bond motifs is 1. The van der Waals surface area contributed by atoms with Gasteiger partial charge in [-0.25, -0.2) is 0 Å². The van der Waals surface area contributed by atoms with Gasteiger partial charge in [-0.2, -0.15) is 4.98 Å². The van der Waals surface area contributed by atoms with Gasteiger partial charge < -0.3 is 14.6 Å². The van der Waals surface area contributed by atoms with Crippen molar-refractivity contribution in [3.8, 4) is 17.1 Å². The maximum absolute atomic E-state index is 5.53. The first-order valence-corrected chi connectivity index (χ1v) is 7.65. The summed E-state index contributed by atoms with van der Waals surface area (Å²) in [6, 6.07) is 6.14. The Bertz CT molecular complexity index is 709. The van der Waals surface area contributed by atoms with Crippen molar-refractivity contribution in [2.75, 3.05) is 19.7 Å². The van der Waals surface area contributed by atoms with Gasteiger partial charge in [-0.05, 0) is 48.6 Å². The molecule has 3 aliphatic rings. The van der Waals surface area contributed by atoms with E-state index in [9.17, 15) is 0 Å². The van der Waals surface area contributed by atoms with Crippen LogP contribution >= 0.6 is 12.4 Å². The zero-order valence-corrected chi connectivity index (χ0v) is 13.0. The lowest BCUT2D eigenvalue weighted by Crippen LogP contribution is -2.10. The molecule has 2 aliphatic heterocycles. The van der Waals surface area contributed by atoms with Gasteiger partial charge in [0.05, 0.1) is 6.61 Å².